The van der Waals surface area contributed by atoms with Crippen LogP contribution < -0.4 is 10.2 Å². The molecule has 3 aromatic rings. The van der Waals surface area contributed by atoms with E-state index in [2.05, 4.69) is 47.4 Å². The van der Waals surface area contributed by atoms with Crippen LogP contribution in [0.5, 0.6) is 5.75 Å². The van der Waals surface area contributed by atoms with Gasteiger partial charge in [-0.15, -0.1) is 11.3 Å². The summed E-state index contributed by atoms with van der Waals surface area (Å²) in [6.45, 7) is 1.83. The van der Waals surface area contributed by atoms with E-state index in [9.17, 15) is 4.79 Å². The zero-order valence-corrected chi connectivity index (χ0v) is 17.1. The minimum absolute atomic E-state index is 0.160. The first kappa shape index (κ1) is 18.0. The number of hydrogen-bond donors (Lipinski definition) is 1. The number of ether oxygens (including phenoxy) is 1. The lowest BCUT2D eigenvalue weighted by Crippen LogP contribution is -2.24. The van der Waals surface area contributed by atoms with Gasteiger partial charge in [0.2, 0.25) is 0 Å². The lowest BCUT2D eigenvalue weighted by molar-refractivity contribution is -0.123. The molecule has 3 rings (SSSR count). The van der Waals surface area contributed by atoms with Gasteiger partial charge in [-0.3, -0.25) is 9.78 Å². The molecule has 0 saturated carbocycles. The summed E-state index contributed by atoms with van der Waals surface area (Å²) in [5.74, 6) is 0.177. The summed E-state index contributed by atoms with van der Waals surface area (Å²) >= 11 is 8.51. The van der Waals surface area contributed by atoms with Gasteiger partial charge in [0.15, 0.2) is 12.4 Å². The molecule has 1 N–H and O–H groups in total. The monoisotopic (exact) mass is 481 g/mol. The van der Waals surface area contributed by atoms with Gasteiger partial charge in [-0.1, -0.05) is 22.0 Å². The third-order valence-electron chi connectivity index (χ3n) is 3.37. The van der Waals surface area contributed by atoms with Gasteiger partial charge in [0.05, 0.1) is 10.7 Å². The number of amides is 1. The predicted octanol–water partition coefficient (Wildman–Crippen LogP) is 4.66. The molecular weight excluding hydrogens is 470 g/mol. The maximum absolute atomic E-state index is 12.0. The zero-order chi connectivity index (χ0) is 17.8. The number of aryl methyl sites for hydroxylation is 1. The molecular formula is C17H13Br2N3O2S. The van der Waals surface area contributed by atoms with Crippen LogP contribution in [0.4, 0.5) is 0 Å². The number of aromatic nitrogens is 1. The second-order valence-corrected chi connectivity index (χ2v) is 7.77. The smallest absolute Gasteiger partial charge is 0.277 e. The normalized spacial score (nSPS) is 11.2. The number of carbonyl (C=O) groups is 1. The van der Waals surface area contributed by atoms with Gasteiger partial charge in [-0.05, 0) is 52.0 Å². The molecule has 0 spiro atoms. The molecule has 2 aromatic heterocycles. The van der Waals surface area contributed by atoms with E-state index < -0.39 is 0 Å². The molecule has 128 valence electrons. The fourth-order valence-corrected chi connectivity index (χ4v) is 4.31. The van der Waals surface area contributed by atoms with E-state index in [1.165, 1.54) is 0 Å². The summed E-state index contributed by atoms with van der Waals surface area (Å²) in [6.07, 6.45) is 3.31. The number of pyridine rings is 1. The maximum atomic E-state index is 12.0. The van der Waals surface area contributed by atoms with Crippen molar-refractivity contribution in [1.29, 1.82) is 0 Å². The SMILES string of the molecule is Cc1ccsc1/C=N/NC(=O)COc1c(Br)cc(Br)c2cccnc12. The minimum Gasteiger partial charge on any atom is -0.480 e. The van der Waals surface area contributed by atoms with Crippen LogP contribution in [0.25, 0.3) is 10.9 Å². The fourth-order valence-electron chi connectivity index (χ4n) is 2.13. The summed E-state index contributed by atoms with van der Waals surface area (Å²) < 4.78 is 7.28. The highest BCUT2D eigenvalue weighted by Gasteiger charge is 2.13. The Hall–Kier alpha value is -1.77. The topological polar surface area (TPSA) is 63.6 Å². The van der Waals surface area contributed by atoms with Gasteiger partial charge < -0.3 is 4.74 Å². The summed E-state index contributed by atoms with van der Waals surface area (Å²) in [5, 5.41) is 6.84. The fraction of sp³-hybridized carbons (Fsp3) is 0.118. The third-order valence-corrected chi connectivity index (χ3v) is 5.57. The summed E-state index contributed by atoms with van der Waals surface area (Å²) in [6, 6.07) is 7.65. The van der Waals surface area contributed by atoms with Gasteiger partial charge in [0.1, 0.15) is 5.52 Å². The Labute approximate surface area is 165 Å². The van der Waals surface area contributed by atoms with Gasteiger partial charge in [0.25, 0.3) is 5.91 Å². The second kappa shape index (κ2) is 8.07. The van der Waals surface area contributed by atoms with Crippen molar-refractivity contribution >= 4 is 66.2 Å². The molecule has 2 heterocycles. The quantitative estimate of drug-likeness (QED) is 0.425. The minimum atomic E-state index is -0.343. The molecule has 0 saturated heterocycles. The number of benzene rings is 1. The molecule has 0 fully saturated rings. The highest BCUT2D eigenvalue weighted by atomic mass is 79.9. The third kappa shape index (κ3) is 4.26. The number of thiophene rings is 1. The first-order valence-corrected chi connectivity index (χ1v) is 9.74. The molecule has 0 aliphatic rings. The van der Waals surface area contributed by atoms with E-state index in [0.29, 0.717) is 11.3 Å². The van der Waals surface area contributed by atoms with Gasteiger partial charge in [-0.25, -0.2) is 5.43 Å². The number of fused-ring (bicyclic) bond motifs is 1. The van der Waals surface area contributed by atoms with E-state index in [4.69, 9.17) is 4.74 Å². The van der Waals surface area contributed by atoms with E-state index in [1.54, 1.807) is 23.7 Å². The van der Waals surface area contributed by atoms with Crippen LogP contribution >= 0.6 is 43.2 Å². The van der Waals surface area contributed by atoms with Crippen molar-refractivity contribution in [3.63, 3.8) is 0 Å². The molecule has 0 atom stereocenters. The number of hydrogen-bond acceptors (Lipinski definition) is 5. The van der Waals surface area contributed by atoms with Crippen LogP contribution in [0.1, 0.15) is 10.4 Å². The van der Waals surface area contributed by atoms with Crippen LogP contribution in [0.2, 0.25) is 0 Å². The molecule has 8 heteroatoms. The van der Waals surface area contributed by atoms with Crippen LogP contribution in [0.3, 0.4) is 0 Å². The number of nitrogens with one attached hydrogen (secondary N) is 1. The standard InChI is InChI=1S/C17H13Br2N3O2S/c1-10-4-6-25-14(10)8-21-22-15(23)9-24-17-13(19)7-12(18)11-3-2-5-20-16(11)17/h2-8H,9H2,1H3,(H,22,23)/b21-8+. The van der Waals surface area contributed by atoms with Crippen LogP contribution in [-0.2, 0) is 4.79 Å². The molecule has 1 amide bonds. The van der Waals surface area contributed by atoms with Crippen LogP contribution in [-0.4, -0.2) is 23.7 Å². The molecule has 0 aliphatic carbocycles. The zero-order valence-electron chi connectivity index (χ0n) is 13.1. The molecule has 0 bridgehead atoms. The van der Waals surface area contributed by atoms with E-state index in [0.717, 1.165) is 24.8 Å². The summed E-state index contributed by atoms with van der Waals surface area (Å²) in [4.78, 5) is 17.3. The number of nitrogens with zero attached hydrogens (tertiary/aromatic N) is 2. The van der Waals surface area contributed by atoms with E-state index in [1.807, 2.05) is 36.6 Å². The molecule has 5 nitrogen and oxygen atoms in total. The average molecular weight is 483 g/mol. The summed E-state index contributed by atoms with van der Waals surface area (Å²) in [5.41, 5.74) is 4.26. The van der Waals surface area contributed by atoms with Crippen molar-refractivity contribution < 1.29 is 9.53 Å². The second-order valence-electron chi connectivity index (χ2n) is 5.12. The van der Waals surface area contributed by atoms with Gasteiger partial charge in [0, 0.05) is 20.9 Å². The Morgan fingerprint density at radius 1 is 1.40 bits per heavy atom. The lowest BCUT2D eigenvalue weighted by atomic mass is 10.2. The van der Waals surface area contributed by atoms with Crippen molar-refractivity contribution in [2.24, 2.45) is 5.10 Å². The molecule has 0 radical (unpaired) electrons. The molecule has 0 aliphatic heterocycles. The number of rotatable bonds is 5. The Bertz CT molecular complexity index is 956. The van der Waals surface area contributed by atoms with Crippen molar-refractivity contribution in [3.8, 4) is 5.75 Å². The maximum Gasteiger partial charge on any atom is 0.277 e. The Kier molecular flexibility index (Phi) is 5.82. The number of carbonyl (C=O) groups excluding carboxylic acids is 1. The Balaban J connectivity index is 1.67. The van der Waals surface area contributed by atoms with Crippen LogP contribution in [0, 0.1) is 6.92 Å². The molecule has 25 heavy (non-hydrogen) atoms. The van der Waals surface area contributed by atoms with Crippen molar-refractivity contribution in [2.45, 2.75) is 6.92 Å². The first-order valence-electron chi connectivity index (χ1n) is 7.28. The lowest BCUT2D eigenvalue weighted by Gasteiger charge is -2.11. The van der Waals surface area contributed by atoms with Crippen LogP contribution in [0.15, 0.2) is 49.9 Å². The highest BCUT2D eigenvalue weighted by Crippen LogP contribution is 2.37. The highest BCUT2D eigenvalue weighted by molar-refractivity contribution is 9.11. The first-order chi connectivity index (χ1) is 12.1. The van der Waals surface area contributed by atoms with E-state index >= 15 is 0 Å². The van der Waals surface area contributed by atoms with E-state index in [-0.39, 0.29) is 12.5 Å². The van der Waals surface area contributed by atoms with Crippen molar-refractivity contribution in [2.75, 3.05) is 6.61 Å². The number of hydrazone groups is 1. The van der Waals surface area contributed by atoms with Gasteiger partial charge in [-0.2, -0.15) is 5.10 Å². The Morgan fingerprint density at radius 3 is 3.00 bits per heavy atom. The average Bonchev–Trinajstić information content (AvgIpc) is 3.00. The molecule has 0 unspecified atom stereocenters. The largest absolute Gasteiger partial charge is 0.480 e. The molecule has 1 aromatic carbocycles. The van der Waals surface area contributed by atoms with Crippen molar-refractivity contribution in [3.05, 3.63) is 55.2 Å². The van der Waals surface area contributed by atoms with Crippen molar-refractivity contribution in [1.82, 2.24) is 10.4 Å². The Morgan fingerprint density at radius 2 is 2.24 bits per heavy atom. The summed E-state index contributed by atoms with van der Waals surface area (Å²) in [7, 11) is 0. The van der Waals surface area contributed by atoms with Gasteiger partial charge >= 0.3 is 0 Å². The number of halogens is 2. The predicted molar refractivity (Wildman–Crippen MR) is 107 cm³/mol.